The molecule has 21 heavy (non-hydrogen) atoms. The van der Waals surface area contributed by atoms with E-state index in [1.807, 2.05) is 18.0 Å². The van der Waals surface area contributed by atoms with Crippen molar-refractivity contribution in [1.29, 1.82) is 0 Å². The average Bonchev–Trinajstić information content (AvgIpc) is 2.47. The van der Waals surface area contributed by atoms with Crippen LogP contribution in [0, 0.1) is 0 Å². The molecule has 2 aromatic heterocycles. The fraction of sp³-hybridized carbons (Fsp3) is 0.357. The van der Waals surface area contributed by atoms with E-state index in [2.05, 4.69) is 10.1 Å². The van der Waals surface area contributed by atoms with E-state index < -0.39 is 0 Å². The predicted molar refractivity (Wildman–Crippen MR) is 81.4 cm³/mol. The van der Waals surface area contributed by atoms with E-state index in [9.17, 15) is 4.79 Å². The van der Waals surface area contributed by atoms with Crippen LogP contribution in [0.4, 0.5) is 11.5 Å². The van der Waals surface area contributed by atoms with Gasteiger partial charge in [-0.15, -0.1) is 0 Å². The van der Waals surface area contributed by atoms with Crippen LogP contribution < -0.4 is 16.2 Å². The summed E-state index contributed by atoms with van der Waals surface area (Å²) >= 11 is 0. The predicted octanol–water partition coefficient (Wildman–Crippen LogP) is 0.351. The van der Waals surface area contributed by atoms with Gasteiger partial charge in [0.05, 0.1) is 30.7 Å². The highest BCUT2D eigenvalue weighted by Crippen LogP contribution is 2.07. The molecule has 0 saturated heterocycles. The zero-order valence-electron chi connectivity index (χ0n) is 12.2. The van der Waals surface area contributed by atoms with E-state index in [0.29, 0.717) is 31.2 Å². The number of methoxy groups -OCH3 is 1. The van der Waals surface area contributed by atoms with Gasteiger partial charge in [-0.25, -0.2) is 9.67 Å². The molecule has 0 saturated carbocycles. The van der Waals surface area contributed by atoms with Gasteiger partial charge in [0.2, 0.25) is 0 Å². The summed E-state index contributed by atoms with van der Waals surface area (Å²) in [4.78, 5) is 18.2. The first-order chi connectivity index (χ1) is 10.1. The van der Waals surface area contributed by atoms with E-state index >= 15 is 0 Å². The lowest BCUT2D eigenvalue weighted by atomic mass is 10.3. The van der Waals surface area contributed by atoms with Gasteiger partial charge >= 0.3 is 0 Å². The summed E-state index contributed by atoms with van der Waals surface area (Å²) in [5, 5.41) is 4.17. The lowest BCUT2D eigenvalue weighted by Crippen LogP contribution is -2.28. The Balaban J connectivity index is 2.14. The first kappa shape index (κ1) is 15.0. The summed E-state index contributed by atoms with van der Waals surface area (Å²) < 4.78 is 6.37. The third-order valence-corrected chi connectivity index (χ3v) is 3.07. The molecule has 0 amide bonds. The maximum absolute atomic E-state index is 12.1. The molecule has 0 bridgehead atoms. The first-order valence-electron chi connectivity index (χ1n) is 6.59. The number of likely N-dealkylation sites (N-methyl/N-ethyl adjacent to an activating group) is 1. The number of hydrogen-bond donors (Lipinski definition) is 1. The van der Waals surface area contributed by atoms with E-state index in [1.54, 1.807) is 31.5 Å². The van der Waals surface area contributed by atoms with Gasteiger partial charge in [-0.1, -0.05) is 6.07 Å². The second-order valence-electron chi connectivity index (χ2n) is 4.68. The summed E-state index contributed by atoms with van der Waals surface area (Å²) in [6.45, 7) is 1.58. The lowest BCUT2D eigenvalue weighted by molar-refractivity contribution is 0.206. The molecule has 0 aromatic carbocycles. The Bertz CT molecular complexity index is 656. The lowest BCUT2D eigenvalue weighted by Gasteiger charge is -2.18. The molecule has 0 aliphatic heterocycles. The Morgan fingerprint density at radius 2 is 2.24 bits per heavy atom. The molecule has 0 radical (unpaired) electrons. The minimum absolute atomic E-state index is 0.180. The van der Waals surface area contributed by atoms with Crippen LogP contribution in [-0.2, 0) is 11.3 Å². The van der Waals surface area contributed by atoms with E-state index in [4.69, 9.17) is 10.5 Å². The Morgan fingerprint density at radius 3 is 2.90 bits per heavy atom. The highest BCUT2D eigenvalue weighted by atomic mass is 16.5. The van der Waals surface area contributed by atoms with Crippen molar-refractivity contribution in [3.8, 4) is 0 Å². The van der Waals surface area contributed by atoms with Crippen molar-refractivity contribution in [2.24, 2.45) is 0 Å². The largest absolute Gasteiger partial charge is 0.384 e. The smallest absolute Gasteiger partial charge is 0.269 e. The van der Waals surface area contributed by atoms with Crippen molar-refractivity contribution in [1.82, 2.24) is 14.8 Å². The van der Waals surface area contributed by atoms with Crippen LogP contribution in [0.2, 0.25) is 0 Å². The van der Waals surface area contributed by atoms with Gasteiger partial charge < -0.3 is 15.4 Å². The minimum Gasteiger partial charge on any atom is -0.384 e. The molecule has 0 atom stereocenters. The molecule has 0 spiro atoms. The van der Waals surface area contributed by atoms with Crippen molar-refractivity contribution >= 4 is 11.5 Å². The second-order valence-corrected chi connectivity index (χ2v) is 4.68. The Labute approximate surface area is 123 Å². The quantitative estimate of drug-likeness (QED) is 0.826. The maximum atomic E-state index is 12.1. The number of aromatic nitrogens is 3. The fourth-order valence-electron chi connectivity index (χ4n) is 1.85. The molecule has 2 rings (SSSR count). The highest BCUT2D eigenvalue weighted by Gasteiger charge is 2.06. The number of ether oxygens (including phenoxy) is 1. The Hall–Kier alpha value is -2.41. The van der Waals surface area contributed by atoms with Crippen LogP contribution in [0.25, 0.3) is 0 Å². The molecule has 0 aliphatic carbocycles. The molecule has 0 aliphatic rings. The molecular weight excluding hydrogens is 270 g/mol. The average molecular weight is 289 g/mol. The zero-order valence-corrected chi connectivity index (χ0v) is 12.2. The van der Waals surface area contributed by atoms with Gasteiger partial charge in [0.25, 0.3) is 5.56 Å². The summed E-state index contributed by atoms with van der Waals surface area (Å²) in [5.41, 5.74) is 6.90. The third-order valence-electron chi connectivity index (χ3n) is 3.07. The SMILES string of the molecule is COCCN(C)c1cnn(Cc2cccc(N)n2)c(=O)c1. The number of pyridine rings is 1. The van der Waals surface area contributed by atoms with Gasteiger partial charge in [-0.05, 0) is 12.1 Å². The number of nitrogens with zero attached hydrogens (tertiary/aromatic N) is 4. The molecule has 0 unspecified atom stereocenters. The zero-order chi connectivity index (χ0) is 15.2. The van der Waals surface area contributed by atoms with E-state index in [-0.39, 0.29) is 5.56 Å². The van der Waals surface area contributed by atoms with Gasteiger partial charge in [0, 0.05) is 26.8 Å². The molecular formula is C14H19N5O2. The van der Waals surface area contributed by atoms with Gasteiger partial charge in [0.15, 0.2) is 0 Å². The molecule has 2 heterocycles. The van der Waals surface area contributed by atoms with E-state index in [1.165, 1.54) is 4.68 Å². The maximum Gasteiger partial charge on any atom is 0.269 e. The van der Waals surface area contributed by atoms with Crippen molar-refractivity contribution in [3.05, 3.63) is 46.5 Å². The summed E-state index contributed by atoms with van der Waals surface area (Å²) in [5.74, 6) is 0.427. The van der Waals surface area contributed by atoms with Crippen LogP contribution in [-0.4, -0.2) is 42.1 Å². The normalized spacial score (nSPS) is 10.6. The van der Waals surface area contributed by atoms with Crippen LogP contribution in [0.5, 0.6) is 0 Å². The molecule has 7 nitrogen and oxygen atoms in total. The van der Waals surface area contributed by atoms with Gasteiger partial charge in [-0.2, -0.15) is 5.10 Å². The van der Waals surface area contributed by atoms with Gasteiger partial charge in [0.1, 0.15) is 5.82 Å². The van der Waals surface area contributed by atoms with Crippen LogP contribution >= 0.6 is 0 Å². The number of nitrogen functional groups attached to an aromatic ring is 1. The number of hydrogen-bond acceptors (Lipinski definition) is 6. The number of nitrogens with two attached hydrogens (primary N) is 1. The first-order valence-corrected chi connectivity index (χ1v) is 6.59. The monoisotopic (exact) mass is 289 g/mol. The van der Waals surface area contributed by atoms with Crippen molar-refractivity contribution in [2.45, 2.75) is 6.54 Å². The Morgan fingerprint density at radius 1 is 1.43 bits per heavy atom. The number of rotatable bonds is 6. The standard InChI is InChI=1S/C14H19N5O2/c1-18(6-7-21-2)12-8-14(20)19(16-9-12)10-11-4-3-5-13(15)17-11/h3-5,8-9H,6-7,10H2,1-2H3,(H2,15,17). The van der Waals surface area contributed by atoms with Crippen LogP contribution in [0.3, 0.4) is 0 Å². The molecule has 2 N–H and O–H groups in total. The van der Waals surface area contributed by atoms with E-state index in [0.717, 1.165) is 5.69 Å². The van der Waals surface area contributed by atoms with Crippen LogP contribution in [0.15, 0.2) is 35.3 Å². The summed E-state index contributed by atoms with van der Waals surface area (Å²) in [6.07, 6.45) is 1.66. The summed E-state index contributed by atoms with van der Waals surface area (Å²) in [7, 11) is 3.53. The number of anilines is 2. The second kappa shape index (κ2) is 6.85. The van der Waals surface area contributed by atoms with Crippen molar-refractivity contribution in [3.63, 3.8) is 0 Å². The van der Waals surface area contributed by atoms with Gasteiger partial charge in [-0.3, -0.25) is 4.79 Å². The molecule has 2 aromatic rings. The molecule has 0 fully saturated rings. The topological polar surface area (TPSA) is 86.3 Å². The fourth-order valence-corrected chi connectivity index (χ4v) is 1.85. The summed E-state index contributed by atoms with van der Waals surface area (Å²) in [6, 6.07) is 6.86. The third kappa shape index (κ3) is 4.03. The van der Waals surface area contributed by atoms with Crippen molar-refractivity contribution < 1.29 is 4.74 Å². The van der Waals surface area contributed by atoms with Crippen LogP contribution in [0.1, 0.15) is 5.69 Å². The Kier molecular flexibility index (Phi) is 4.89. The molecule has 7 heteroatoms. The molecule has 112 valence electrons. The minimum atomic E-state index is -0.180. The van der Waals surface area contributed by atoms with Crippen molar-refractivity contribution in [2.75, 3.05) is 37.9 Å². The highest BCUT2D eigenvalue weighted by molar-refractivity contribution is 5.41.